The monoisotopic (exact) mass is 375 g/mol. The fourth-order valence-corrected chi connectivity index (χ4v) is 3.49. The van der Waals surface area contributed by atoms with Crippen LogP contribution in [0.4, 0.5) is 10.1 Å². The third-order valence-corrected chi connectivity index (χ3v) is 4.94. The number of thioether (sulfide) groups is 1. The third kappa shape index (κ3) is 4.08. The maximum absolute atomic E-state index is 13.1. The molecule has 128 valence electrons. The molecule has 0 radical (unpaired) electrons. The molecule has 0 spiro atoms. The number of nitrogens with one attached hydrogen (secondary N) is 1. The quantitative estimate of drug-likeness (QED) is 0.523. The van der Waals surface area contributed by atoms with E-state index >= 15 is 0 Å². The maximum Gasteiger partial charge on any atom is 0.237 e. The Bertz CT molecular complexity index is 951. The van der Waals surface area contributed by atoms with E-state index in [0.717, 1.165) is 22.0 Å². The number of rotatable bonds is 4. The van der Waals surface area contributed by atoms with Crippen LogP contribution in [-0.4, -0.2) is 21.1 Å². The van der Waals surface area contributed by atoms with Crippen molar-refractivity contribution in [2.45, 2.75) is 24.1 Å². The van der Waals surface area contributed by atoms with Crippen molar-refractivity contribution in [1.82, 2.24) is 9.97 Å². The number of aryl methyl sites for hydroxylation is 1. The van der Waals surface area contributed by atoms with Crippen molar-refractivity contribution in [1.29, 1.82) is 0 Å². The first-order chi connectivity index (χ1) is 11.9. The van der Waals surface area contributed by atoms with Gasteiger partial charge in [-0.3, -0.25) is 4.79 Å². The first-order valence-corrected chi connectivity index (χ1v) is 8.86. The summed E-state index contributed by atoms with van der Waals surface area (Å²) in [6.07, 6.45) is 0. The van der Waals surface area contributed by atoms with E-state index in [0.29, 0.717) is 11.5 Å². The van der Waals surface area contributed by atoms with Crippen LogP contribution in [0, 0.1) is 12.7 Å². The van der Waals surface area contributed by atoms with Gasteiger partial charge in [-0.2, -0.15) is 0 Å². The number of carbonyl (C=O) groups is 1. The first-order valence-electron chi connectivity index (χ1n) is 7.60. The SMILES string of the molecule is Cc1nc(SC(C)C(=O)Nc2ccc(F)cc2Cl)c2ccccc2n1. The van der Waals surface area contributed by atoms with Crippen molar-refractivity contribution in [2.24, 2.45) is 0 Å². The smallest absolute Gasteiger partial charge is 0.237 e. The van der Waals surface area contributed by atoms with Crippen molar-refractivity contribution >= 4 is 45.9 Å². The summed E-state index contributed by atoms with van der Waals surface area (Å²) in [5.41, 5.74) is 1.22. The highest BCUT2D eigenvalue weighted by atomic mass is 35.5. The van der Waals surface area contributed by atoms with Crippen LogP contribution >= 0.6 is 23.4 Å². The van der Waals surface area contributed by atoms with Crippen molar-refractivity contribution in [3.05, 3.63) is 59.1 Å². The molecule has 1 unspecified atom stereocenters. The van der Waals surface area contributed by atoms with Gasteiger partial charge in [0, 0.05) is 5.39 Å². The Balaban J connectivity index is 1.80. The Morgan fingerprint density at radius 2 is 2.00 bits per heavy atom. The molecule has 1 amide bonds. The first kappa shape index (κ1) is 17.6. The summed E-state index contributed by atoms with van der Waals surface area (Å²) in [6, 6.07) is 11.5. The van der Waals surface area contributed by atoms with Crippen molar-refractivity contribution in [2.75, 3.05) is 5.32 Å². The minimum Gasteiger partial charge on any atom is -0.324 e. The molecular formula is C18H15ClFN3OS. The molecule has 25 heavy (non-hydrogen) atoms. The Labute approximate surface area is 153 Å². The van der Waals surface area contributed by atoms with Gasteiger partial charge in [-0.05, 0) is 38.1 Å². The van der Waals surface area contributed by atoms with Gasteiger partial charge < -0.3 is 5.32 Å². The zero-order valence-electron chi connectivity index (χ0n) is 13.6. The largest absolute Gasteiger partial charge is 0.324 e. The van der Waals surface area contributed by atoms with E-state index in [9.17, 15) is 9.18 Å². The number of hydrogen-bond donors (Lipinski definition) is 1. The number of nitrogens with zero attached hydrogens (tertiary/aromatic N) is 2. The Morgan fingerprint density at radius 1 is 1.24 bits per heavy atom. The summed E-state index contributed by atoms with van der Waals surface area (Å²) >= 11 is 7.30. The van der Waals surface area contributed by atoms with Crippen LogP contribution in [0.1, 0.15) is 12.7 Å². The number of anilines is 1. The summed E-state index contributed by atoms with van der Waals surface area (Å²) in [7, 11) is 0. The van der Waals surface area contributed by atoms with Crippen LogP contribution in [0.3, 0.4) is 0 Å². The van der Waals surface area contributed by atoms with E-state index in [1.54, 1.807) is 6.92 Å². The van der Waals surface area contributed by atoms with Gasteiger partial charge in [0.05, 0.1) is 21.5 Å². The van der Waals surface area contributed by atoms with Gasteiger partial charge in [0.1, 0.15) is 16.7 Å². The number of carbonyl (C=O) groups excluding carboxylic acids is 1. The Morgan fingerprint density at radius 3 is 2.76 bits per heavy atom. The summed E-state index contributed by atoms with van der Waals surface area (Å²) in [5, 5.41) is 4.11. The maximum atomic E-state index is 13.1. The zero-order chi connectivity index (χ0) is 18.0. The number of para-hydroxylation sites is 1. The molecule has 0 saturated carbocycles. The topological polar surface area (TPSA) is 54.9 Å². The molecule has 7 heteroatoms. The number of aromatic nitrogens is 2. The third-order valence-electron chi connectivity index (χ3n) is 3.53. The van der Waals surface area contributed by atoms with E-state index in [4.69, 9.17) is 11.6 Å². The van der Waals surface area contributed by atoms with Crippen LogP contribution in [0.15, 0.2) is 47.5 Å². The lowest BCUT2D eigenvalue weighted by Gasteiger charge is -2.14. The highest BCUT2D eigenvalue weighted by molar-refractivity contribution is 8.00. The van der Waals surface area contributed by atoms with E-state index in [-0.39, 0.29) is 10.9 Å². The Hall–Kier alpha value is -2.18. The van der Waals surface area contributed by atoms with Crippen LogP contribution in [0.5, 0.6) is 0 Å². The number of benzene rings is 2. The molecule has 0 bridgehead atoms. The molecule has 1 atom stereocenters. The minimum absolute atomic E-state index is 0.161. The predicted octanol–water partition coefficient (Wildman–Crippen LogP) is 4.85. The minimum atomic E-state index is -0.451. The van der Waals surface area contributed by atoms with Gasteiger partial charge in [-0.1, -0.05) is 41.6 Å². The normalized spacial score (nSPS) is 12.2. The second-order valence-corrected chi connectivity index (χ2v) is 7.20. The molecule has 0 aliphatic heterocycles. The van der Waals surface area contributed by atoms with Gasteiger partial charge in [0.25, 0.3) is 0 Å². The van der Waals surface area contributed by atoms with Crippen molar-refractivity contribution < 1.29 is 9.18 Å². The van der Waals surface area contributed by atoms with Crippen LogP contribution < -0.4 is 5.32 Å². The van der Waals surface area contributed by atoms with Gasteiger partial charge in [0.15, 0.2) is 0 Å². The van der Waals surface area contributed by atoms with E-state index < -0.39 is 11.1 Å². The standard InChI is InChI=1S/C18H15ClFN3OS/c1-10(17(24)23-16-8-7-12(20)9-14(16)19)25-18-13-5-3-4-6-15(13)21-11(2)22-18/h3-10H,1-2H3,(H,23,24). The summed E-state index contributed by atoms with van der Waals surface area (Å²) in [6.45, 7) is 3.60. The number of hydrogen-bond acceptors (Lipinski definition) is 4. The molecule has 2 aromatic carbocycles. The summed E-state index contributed by atoms with van der Waals surface area (Å²) < 4.78 is 13.1. The van der Waals surface area contributed by atoms with Crippen LogP contribution in [-0.2, 0) is 4.79 Å². The fraction of sp³-hybridized carbons (Fsp3) is 0.167. The molecule has 4 nitrogen and oxygen atoms in total. The molecule has 1 heterocycles. The number of fused-ring (bicyclic) bond motifs is 1. The van der Waals surface area contributed by atoms with Crippen molar-refractivity contribution in [3.8, 4) is 0 Å². The molecule has 1 aromatic heterocycles. The van der Waals surface area contributed by atoms with E-state index in [1.807, 2.05) is 31.2 Å². The molecule has 0 saturated heterocycles. The van der Waals surface area contributed by atoms with Crippen LogP contribution in [0.2, 0.25) is 5.02 Å². The highest BCUT2D eigenvalue weighted by Gasteiger charge is 2.18. The summed E-state index contributed by atoms with van der Waals surface area (Å²) in [5.74, 6) is -0.0393. The van der Waals surface area contributed by atoms with Crippen molar-refractivity contribution in [3.63, 3.8) is 0 Å². The predicted molar refractivity (Wildman–Crippen MR) is 99.6 cm³/mol. The second-order valence-electron chi connectivity index (χ2n) is 5.47. The highest BCUT2D eigenvalue weighted by Crippen LogP contribution is 2.30. The van der Waals surface area contributed by atoms with Gasteiger partial charge in [-0.25, -0.2) is 14.4 Å². The van der Waals surface area contributed by atoms with Gasteiger partial charge in [0.2, 0.25) is 5.91 Å². The molecular weight excluding hydrogens is 361 g/mol. The Kier molecular flexibility index (Phi) is 5.20. The molecule has 3 rings (SSSR count). The van der Waals surface area contributed by atoms with E-state index in [1.165, 1.54) is 23.9 Å². The second kappa shape index (κ2) is 7.37. The average molecular weight is 376 g/mol. The molecule has 3 aromatic rings. The molecule has 0 fully saturated rings. The average Bonchev–Trinajstić information content (AvgIpc) is 2.57. The molecule has 0 aliphatic carbocycles. The number of halogens is 2. The van der Waals surface area contributed by atoms with Gasteiger partial charge >= 0.3 is 0 Å². The fourth-order valence-electron chi connectivity index (χ4n) is 2.29. The number of amides is 1. The summed E-state index contributed by atoms with van der Waals surface area (Å²) in [4.78, 5) is 21.3. The lowest BCUT2D eigenvalue weighted by molar-refractivity contribution is -0.115. The molecule has 1 N–H and O–H groups in total. The van der Waals surface area contributed by atoms with Gasteiger partial charge in [-0.15, -0.1) is 0 Å². The zero-order valence-corrected chi connectivity index (χ0v) is 15.2. The van der Waals surface area contributed by atoms with Crippen LogP contribution in [0.25, 0.3) is 10.9 Å². The lowest BCUT2D eigenvalue weighted by Crippen LogP contribution is -2.22. The molecule has 0 aliphatic rings. The lowest BCUT2D eigenvalue weighted by atomic mass is 10.2. The van der Waals surface area contributed by atoms with E-state index in [2.05, 4.69) is 15.3 Å².